The molecule has 0 aliphatic heterocycles. The molecule has 0 unspecified atom stereocenters. The second-order valence-electron chi connectivity index (χ2n) is 2.91. The van der Waals surface area contributed by atoms with Crippen LogP contribution in [0.2, 0.25) is 0 Å². The Labute approximate surface area is 80.8 Å². The van der Waals surface area contributed by atoms with Gasteiger partial charge >= 0.3 is 0 Å². The van der Waals surface area contributed by atoms with Crippen molar-refractivity contribution in [3.05, 3.63) is 23.8 Å². The molecule has 14 heavy (non-hydrogen) atoms. The Hall–Kier alpha value is -1.84. The molecule has 0 aliphatic carbocycles. The van der Waals surface area contributed by atoms with Crippen molar-refractivity contribution in [3.8, 4) is 11.5 Å². The molecule has 74 valence electrons. The highest BCUT2D eigenvalue weighted by Crippen LogP contribution is 2.25. The van der Waals surface area contributed by atoms with Crippen LogP contribution in [-0.4, -0.2) is 22.3 Å². The second kappa shape index (κ2) is 4.41. The normalized spacial score (nSPS) is 9.71. The van der Waals surface area contributed by atoms with E-state index in [9.17, 15) is 9.59 Å². The fourth-order valence-corrected chi connectivity index (χ4v) is 1.07. The molecule has 4 heteroatoms. The molecule has 0 atom stereocenters. The van der Waals surface area contributed by atoms with Crippen molar-refractivity contribution >= 4 is 12.1 Å². The number of ketones is 1. The minimum Gasteiger partial charge on any atom is -0.504 e. The first-order valence-corrected chi connectivity index (χ1v) is 4.09. The van der Waals surface area contributed by atoms with Crippen molar-refractivity contribution < 1.29 is 19.8 Å². The zero-order valence-corrected chi connectivity index (χ0v) is 7.43. The number of carbonyl (C=O) groups is 2. The van der Waals surface area contributed by atoms with Crippen LogP contribution in [0.4, 0.5) is 0 Å². The molecule has 4 nitrogen and oxygen atoms in total. The van der Waals surface area contributed by atoms with E-state index in [-0.39, 0.29) is 30.1 Å². The lowest BCUT2D eigenvalue weighted by atomic mass is 10.1. The summed E-state index contributed by atoms with van der Waals surface area (Å²) in [6.07, 6.45) is 0.511. The number of rotatable bonds is 4. The molecular weight excluding hydrogens is 184 g/mol. The van der Waals surface area contributed by atoms with Crippen LogP contribution < -0.4 is 0 Å². The van der Waals surface area contributed by atoms with Crippen molar-refractivity contribution in [1.29, 1.82) is 0 Å². The van der Waals surface area contributed by atoms with Crippen molar-refractivity contribution in [2.75, 3.05) is 0 Å². The average Bonchev–Trinajstić information content (AvgIpc) is 2.12. The molecule has 1 rings (SSSR count). The van der Waals surface area contributed by atoms with Gasteiger partial charge < -0.3 is 15.0 Å². The van der Waals surface area contributed by atoms with Gasteiger partial charge in [0.15, 0.2) is 11.5 Å². The van der Waals surface area contributed by atoms with Gasteiger partial charge in [-0.05, 0) is 17.7 Å². The molecule has 0 aliphatic rings. The lowest BCUT2D eigenvalue weighted by Crippen LogP contribution is -2.02. The molecular formula is C10H10O4. The van der Waals surface area contributed by atoms with E-state index in [1.165, 1.54) is 18.2 Å². The second-order valence-corrected chi connectivity index (χ2v) is 2.91. The number of aromatic hydroxyl groups is 2. The number of benzene rings is 1. The van der Waals surface area contributed by atoms with E-state index in [1.54, 1.807) is 0 Å². The summed E-state index contributed by atoms with van der Waals surface area (Å²) < 4.78 is 0. The van der Waals surface area contributed by atoms with Gasteiger partial charge in [-0.15, -0.1) is 0 Å². The number of carbonyl (C=O) groups excluding carboxylic acids is 2. The van der Waals surface area contributed by atoms with Crippen molar-refractivity contribution in [2.45, 2.75) is 12.8 Å². The zero-order chi connectivity index (χ0) is 10.6. The molecule has 1 aromatic carbocycles. The predicted molar refractivity (Wildman–Crippen MR) is 49.2 cm³/mol. The third-order valence-corrected chi connectivity index (χ3v) is 1.75. The highest BCUT2D eigenvalue weighted by atomic mass is 16.3. The van der Waals surface area contributed by atoms with E-state index in [4.69, 9.17) is 10.2 Å². The van der Waals surface area contributed by atoms with E-state index >= 15 is 0 Å². The van der Waals surface area contributed by atoms with Gasteiger partial charge in [0, 0.05) is 6.42 Å². The molecule has 0 spiro atoms. The van der Waals surface area contributed by atoms with Crippen molar-refractivity contribution in [3.63, 3.8) is 0 Å². The largest absolute Gasteiger partial charge is 0.504 e. The highest BCUT2D eigenvalue weighted by Gasteiger charge is 2.05. The molecule has 1 aromatic rings. The van der Waals surface area contributed by atoms with Crippen molar-refractivity contribution in [1.82, 2.24) is 0 Å². The summed E-state index contributed by atoms with van der Waals surface area (Å²) in [7, 11) is 0. The number of hydrogen-bond acceptors (Lipinski definition) is 4. The van der Waals surface area contributed by atoms with E-state index in [2.05, 4.69) is 0 Å². The maximum atomic E-state index is 11.0. The maximum absolute atomic E-state index is 11.0. The maximum Gasteiger partial charge on any atom is 0.157 e. The third-order valence-electron chi connectivity index (χ3n) is 1.75. The monoisotopic (exact) mass is 194 g/mol. The summed E-state index contributed by atoms with van der Waals surface area (Å²) in [6.45, 7) is 0. The Kier molecular flexibility index (Phi) is 3.23. The molecule has 0 saturated heterocycles. The molecule has 2 N–H and O–H groups in total. The number of phenols is 2. The van der Waals surface area contributed by atoms with Gasteiger partial charge in [-0.1, -0.05) is 6.07 Å². The Bertz CT molecular complexity index is 357. The highest BCUT2D eigenvalue weighted by molar-refractivity contribution is 5.91. The van der Waals surface area contributed by atoms with Crippen LogP contribution in [0, 0.1) is 0 Å². The fourth-order valence-electron chi connectivity index (χ4n) is 1.07. The van der Waals surface area contributed by atoms with E-state index in [0.29, 0.717) is 11.8 Å². The first kappa shape index (κ1) is 10.2. The zero-order valence-electron chi connectivity index (χ0n) is 7.43. The van der Waals surface area contributed by atoms with Gasteiger partial charge in [0.2, 0.25) is 0 Å². The summed E-state index contributed by atoms with van der Waals surface area (Å²) >= 11 is 0. The average molecular weight is 194 g/mol. The SMILES string of the molecule is O=CCC(=O)Cc1ccc(O)c(O)c1. The van der Waals surface area contributed by atoms with Crippen LogP contribution in [0.3, 0.4) is 0 Å². The molecule has 0 bridgehead atoms. The molecule has 0 saturated carbocycles. The third kappa shape index (κ3) is 2.58. The summed E-state index contributed by atoms with van der Waals surface area (Å²) in [6, 6.07) is 4.13. The first-order chi connectivity index (χ1) is 6.63. The van der Waals surface area contributed by atoms with Crippen LogP contribution in [0.5, 0.6) is 11.5 Å². The van der Waals surface area contributed by atoms with Gasteiger partial charge in [-0.25, -0.2) is 0 Å². The lowest BCUT2D eigenvalue weighted by Gasteiger charge is -2.01. The first-order valence-electron chi connectivity index (χ1n) is 4.09. The van der Waals surface area contributed by atoms with E-state index in [0.717, 1.165) is 0 Å². The van der Waals surface area contributed by atoms with Crippen LogP contribution >= 0.6 is 0 Å². The summed E-state index contributed by atoms with van der Waals surface area (Å²) in [5, 5.41) is 18.1. The summed E-state index contributed by atoms with van der Waals surface area (Å²) in [5.74, 6) is -0.705. The quantitative estimate of drug-likeness (QED) is 0.422. The number of Topliss-reactive ketones (excluding diaryl/α,β-unsaturated/α-hetero) is 1. The minimum atomic E-state index is -0.263. The summed E-state index contributed by atoms with van der Waals surface area (Å²) in [5.41, 5.74) is 0.576. The number of aldehydes is 1. The Balaban J connectivity index is 2.72. The number of phenolic OH excluding ortho intramolecular Hbond substituents is 2. The van der Waals surface area contributed by atoms with Crippen molar-refractivity contribution in [2.24, 2.45) is 0 Å². The van der Waals surface area contributed by atoms with Crippen LogP contribution in [0.1, 0.15) is 12.0 Å². The Morgan fingerprint density at radius 1 is 1.29 bits per heavy atom. The molecule has 0 fully saturated rings. The molecule has 0 heterocycles. The van der Waals surface area contributed by atoms with Crippen LogP contribution in [0.15, 0.2) is 18.2 Å². The fraction of sp³-hybridized carbons (Fsp3) is 0.200. The van der Waals surface area contributed by atoms with Gasteiger partial charge in [0.05, 0.1) is 6.42 Å². The lowest BCUT2D eigenvalue weighted by molar-refractivity contribution is -0.121. The smallest absolute Gasteiger partial charge is 0.157 e. The van der Waals surface area contributed by atoms with Gasteiger partial charge in [0.25, 0.3) is 0 Å². The Morgan fingerprint density at radius 2 is 2.00 bits per heavy atom. The topological polar surface area (TPSA) is 74.6 Å². The minimum absolute atomic E-state index is 0.0899. The van der Waals surface area contributed by atoms with E-state index in [1.807, 2.05) is 0 Å². The molecule has 0 aromatic heterocycles. The van der Waals surface area contributed by atoms with Crippen LogP contribution in [0.25, 0.3) is 0 Å². The standard InChI is InChI=1S/C10H10O4/c11-4-3-8(12)5-7-1-2-9(13)10(14)6-7/h1-2,4,6,13-14H,3,5H2. The Morgan fingerprint density at radius 3 is 2.57 bits per heavy atom. The van der Waals surface area contributed by atoms with E-state index < -0.39 is 0 Å². The summed E-state index contributed by atoms with van der Waals surface area (Å²) in [4.78, 5) is 21.0. The van der Waals surface area contributed by atoms with Gasteiger partial charge in [0.1, 0.15) is 12.1 Å². The molecule has 0 radical (unpaired) electrons. The number of hydrogen-bond donors (Lipinski definition) is 2. The van der Waals surface area contributed by atoms with Gasteiger partial charge in [-0.3, -0.25) is 4.79 Å². The van der Waals surface area contributed by atoms with Gasteiger partial charge in [-0.2, -0.15) is 0 Å². The molecule has 0 amide bonds. The predicted octanol–water partition coefficient (Wildman–Crippen LogP) is 0.798. The van der Waals surface area contributed by atoms with Crippen LogP contribution in [-0.2, 0) is 16.0 Å².